The lowest BCUT2D eigenvalue weighted by Gasteiger charge is -2.15. The molecule has 1 amide bonds. The van der Waals surface area contributed by atoms with Gasteiger partial charge in [0.05, 0.1) is 16.7 Å². The Labute approximate surface area is 146 Å². The molecule has 7 heteroatoms. The van der Waals surface area contributed by atoms with Crippen molar-refractivity contribution >= 4 is 27.7 Å². The molecular weight excluding hydrogens is 344 g/mol. The zero-order valence-electron chi connectivity index (χ0n) is 13.5. The molecule has 128 valence electrons. The van der Waals surface area contributed by atoms with Gasteiger partial charge in [0.15, 0.2) is 0 Å². The lowest BCUT2D eigenvalue weighted by Crippen LogP contribution is -2.28. The predicted octanol–water partition coefficient (Wildman–Crippen LogP) is 2.61. The lowest BCUT2D eigenvalue weighted by atomic mass is 10.1. The van der Waals surface area contributed by atoms with Crippen molar-refractivity contribution in [2.75, 3.05) is 5.75 Å². The van der Waals surface area contributed by atoms with E-state index in [0.717, 1.165) is 10.5 Å². The molecule has 2 rings (SSSR count). The molecule has 1 unspecified atom stereocenters. The minimum Gasteiger partial charge on any atom is -0.349 e. The average Bonchev–Trinajstić information content (AvgIpc) is 2.53. The predicted molar refractivity (Wildman–Crippen MR) is 96.3 cm³/mol. The van der Waals surface area contributed by atoms with Crippen LogP contribution in [-0.4, -0.2) is 20.1 Å². The molecule has 0 bridgehead atoms. The van der Waals surface area contributed by atoms with Crippen molar-refractivity contribution in [3.63, 3.8) is 0 Å². The second-order valence-electron chi connectivity index (χ2n) is 5.46. The Morgan fingerprint density at radius 1 is 1.21 bits per heavy atom. The Morgan fingerprint density at radius 2 is 1.92 bits per heavy atom. The maximum atomic E-state index is 12.1. The Balaban J connectivity index is 1.98. The highest BCUT2D eigenvalue weighted by Crippen LogP contribution is 2.22. The van der Waals surface area contributed by atoms with Crippen molar-refractivity contribution in [2.45, 2.75) is 29.7 Å². The first-order chi connectivity index (χ1) is 11.3. The van der Waals surface area contributed by atoms with Gasteiger partial charge in [-0.15, -0.1) is 11.8 Å². The third kappa shape index (κ3) is 5.09. The summed E-state index contributed by atoms with van der Waals surface area (Å²) in [5, 5.41) is 8.00. The van der Waals surface area contributed by atoms with E-state index in [9.17, 15) is 13.2 Å². The van der Waals surface area contributed by atoms with Crippen LogP contribution in [0.4, 0.5) is 0 Å². The minimum atomic E-state index is -3.76. The van der Waals surface area contributed by atoms with Crippen LogP contribution in [0.25, 0.3) is 0 Å². The fourth-order valence-corrected chi connectivity index (χ4v) is 3.60. The molecule has 0 aromatic heterocycles. The number of hydrogen-bond acceptors (Lipinski definition) is 4. The van der Waals surface area contributed by atoms with Crippen LogP contribution in [0.3, 0.4) is 0 Å². The second kappa shape index (κ2) is 7.83. The number of rotatable bonds is 6. The smallest absolute Gasteiger partial charge is 0.238 e. The summed E-state index contributed by atoms with van der Waals surface area (Å²) in [7, 11) is -3.76. The normalized spacial score (nSPS) is 12.6. The van der Waals surface area contributed by atoms with Gasteiger partial charge < -0.3 is 5.32 Å². The van der Waals surface area contributed by atoms with E-state index < -0.39 is 10.0 Å². The largest absolute Gasteiger partial charge is 0.349 e. The van der Waals surface area contributed by atoms with E-state index in [1.165, 1.54) is 23.9 Å². The summed E-state index contributed by atoms with van der Waals surface area (Å²) in [6.07, 6.45) is 0. The molecule has 1 atom stereocenters. The number of benzene rings is 2. The van der Waals surface area contributed by atoms with Crippen molar-refractivity contribution in [3.05, 3.63) is 59.7 Å². The molecule has 0 fully saturated rings. The average molecular weight is 364 g/mol. The first kappa shape index (κ1) is 18.5. The van der Waals surface area contributed by atoms with E-state index in [-0.39, 0.29) is 16.8 Å². The number of thioether (sulfide) groups is 1. The number of sulfonamides is 1. The summed E-state index contributed by atoms with van der Waals surface area (Å²) < 4.78 is 22.8. The maximum Gasteiger partial charge on any atom is 0.238 e. The zero-order chi connectivity index (χ0) is 17.7. The summed E-state index contributed by atoms with van der Waals surface area (Å²) >= 11 is 1.47. The highest BCUT2D eigenvalue weighted by atomic mass is 32.2. The molecule has 0 aliphatic rings. The third-order valence-corrected chi connectivity index (χ3v) is 5.60. The number of nitrogens with two attached hydrogens (primary N) is 1. The van der Waals surface area contributed by atoms with Gasteiger partial charge in [-0.3, -0.25) is 4.79 Å². The lowest BCUT2D eigenvalue weighted by molar-refractivity contribution is -0.119. The van der Waals surface area contributed by atoms with Crippen LogP contribution >= 0.6 is 11.8 Å². The van der Waals surface area contributed by atoms with E-state index in [1.807, 2.05) is 31.2 Å². The van der Waals surface area contributed by atoms with Crippen molar-refractivity contribution in [3.8, 4) is 0 Å². The standard InChI is InChI=1S/C17H20N2O3S2/c1-12-6-3-4-9-16(12)23-11-17(20)19-13(2)14-7-5-8-15(10-14)24(18,21)22/h3-10,13H,11H2,1-2H3,(H,19,20)(H2,18,21,22). The fraction of sp³-hybridized carbons (Fsp3) is 0.235. The van der Waals surface area contributed by atoms with E-state index in [4.69, 9.17) is 5.14 Å². The van der Waals surface area contributed by atoms with Crippen LogP contribution < -0.4 is 10.5 Å². The number of amides is 1. The van der Waals surface area contributed by atoms with Crippen LogP contribution in [0.1, 0.15) is 24.1 Å². The Morgan fingerprint density at radius 3 is 2.58 bits per heavy atom. The summed E-state index contributed by atoms with van der Waals surface area (Å²) in [6, 6.07) is 13.9. The number of nitrogens with one attached hydrogen (secondary N) is 1. The molecule has 2 aromatic carbocycles. The summed E-state index contributed by atoms with van der Waals surface area (Å²) in [6.45, 7) is 3.81. The summed E-state index contributed by atoms with van der Waals surface area (Å²) in [5.74, 6) is 0.182. The SMILES string of the molecule is Cc1ccccc1SCC(=O)NC(C)c1cccc(S(N)(=O)=O)c1. The molecule has 0 aliphatic carbocycles. The van der Waals surface area contributed by atoms with E-state index in [0.29, 0.717) is 11.3 Å². The summed E-state index contributed by atoms with van der Waals surface area (Å²) in [5.41, 5.74) is 1.82. The molecular formula is C17H20N2O3S2. The van der Waals surface area contributed by atoms with Gasteiger partial charge in [-0.2, -0.15) is 0 Å². The van der Waals surface area contributed by atoms with Crippen LogP contribution in [-0.2, 0) is 14.8 Å². The van der Waals surface area contributed by atoms with Crippen molar-refractivity contribution in [1.82, 2.24) is 5.32 Å². The number of primary sulfonamides is 1. The van der Waals surface area contributed by atoms with Crippen LogP contribution in [0.2, 0.25) is 0 Å². The van der Waals surface area contributed by atoms with Gasteiger partial charge in [0.25, 0.3) is 0 Å². The van der Waals surface area contributed by atoms with Crippen LogP contribution in [0.15, 0.2) is 58.3 Å². The number of carbonyl (C=O) groups excluding carboxylic acids is 1. The van der Waals surface area contributed by atoms with Crippen LogP contribution in [0.5, 0.6) is 0 Å². The molecule has 2 aromatic rings. The zero-order valence-corrected chi connectivity index (χ0v) is 15.2. The van der Waals surface area contributed by atoms with Gasteiger partial charge in [-0.05, 0) is 43.2 Å². The molecule has 0 aliphatic heterocycles. The monoisotopic (exact) mass is 364 g/mol. The Bertz CT molecular complexity index is 835. The molecule has 24 heavy (non-hydrogen) atoms. The molecule has 0 radical (unpaired) electrons. The molecule has 0 spiro atoms. The van der Waals surface area contributed by atoms with Crippen molar-refractivity contribution in [2.24, 2.45) is 5.14 Å². The third-order valence-electron chi connectivity index (χ3n) is 3.52. The molecule has 3 N–H and O–H groups in total. The second-order valence-corrected chi connectivity index (χ2v) is 8.04. The molecule has 0 saturated heterocycles. The quantitative estimate of drug-likeness (QED) is 0.771. The molecule has 0 heterocycles. The van der Waals surface area contributed by atoms with E-state index in [1.54, 1.807) is 19.1 Å². The topological polar surface area (TPSA) is 89.3 Å². The number of hydrogen-bond donors (Lipinski definition) is 2. The van der Waals surface area contributed by atoms with Crippen LogP contribution in [0, 0.1) is 6.92 Å². The van der Waals surface area contributed by atoms with Gasteiger partial charge in [0.2, 0.25) is 15.9 Å². The number of aryl methyl sites for hydroxylation is 1. The van der Waals surface area contributed by atoms with Gasteiger partial charge in [0, 0.05) is 4.90 Å². The van der Waals surface area contributed by atoms with Gasteiger partial charge in [-0.1, -0.05) is 30.3 Å². The van der Waals surface area contributed by atoms with E-state index >= 15 is 0 Å². The highest BCUT2D eigenvalue weighted by molar-refractivity contribution is 8.00. The highest BCUT2D eigenvalue weighted by Gasteiger charge is 2.14. The summed E-state index contributed by atoms with van der Waals surface area (Å²) in [4.78, 5) is 13.2. The van der Waals surface area contributed by atoms with Crippen molar-refractivity contribution in [1.29, 1.82) is 0 Å². The van der Waals surface area contributed by atoms with Gasteiger partial charge >= 0.3 is 0 Å². The van der Waals surface area contributed by atoms with Gasteiger partial charge in [0.1, 0.15) is 0 Å². The molecule has 0 saturated carbocycles. The number of carbonyl (C=O) groups is 1. The Kier molecular flexibility index (Phi) is 6.04. The molecule has 5 nitrogen and oxygen atoms in total. The van der Waals surface area contributed by atoms with Crippen molar-refractivity contribution < 1.29 is 13.2 Å². The Hall–Kier alpha value is -1.83. The maximum absolute atomic E-state index is 12.1. The first-order valence-corrected chi connectivity index (χ1v) is 9.91. The minimum absolute atomic E-state index is 0.0374. The van der Waals surface area contributed by atoms with E-state index in [2.05, 4.69) is 5.32 Å². The van der Waals surface area contributed by atoms with Gasteiger partial charge in [-0.25, -0.2) is 13.6 Å². The fourth-order valence-electron chi connectivity index (χ4n) is 2.19. The first-order valence-electron chi connectivity index (χ1n) is 7.38.